The summed E-state index contributed by atoms with van der Waals surface area (Å²) in [6, 6.07) is 0. The van der Waals surface area contributed by atoms with E-state index in [4.69, 9.17) is 18.5 Å². The second-order valence-corrected chi connectivity index (χ2v) is 27.8. The van der Waals surface area contributed by atoms with Crippen molar-refractivity contribution in [2.24, 2.45) is 0 Å². The van der Waals surface area contributed by atoms with Gasteiger partial charge in [-0.05, 0) is 38.5 Å². The van der Waals surface area contributed by atoms with Crippen molar-refractivity contribution in [1.82, 2.24) is 0 Å². The van der Waals surface area contributed by atoms with Gasteiger partial charge in [-0.15, -0.1) is 0 Å². The number of carbonyl (C=O) groups excluding carboxylic acids is 2. The van der Waals surface area contributed by atoms with Gasteiger partial charge in [0.25, 0.3) is 0 Å². The number of likely N-dealkylation sites (N-methyl/N-ethyl adjacent to an activating group) is 1. The van der Waals surface area contributed by atoms with Gasteiger partial charge in [0, 0.05) is 12.8 Å². The van der Waals surface area contributed by atoms with Gasteiger partial charge in [0.05, 0.1) is 27.7 Å². The summed E-state index contributed by atoms with van der Waals surface area (Å²) in [4.78, 5) is 35.8. The fraction of sp³-hybridized carbons (Fsp3) is 0.944. The third-order valence-corrected chi connectivity index (χ3v) is 17.8. The van der Waals surface area contributed by atoms with E-state index >= 15 is 0 Å². The monoisotopic (exact) mass is 1180 g/mol. The molecule has 82 heavy (non-hydrogen) atoms. The van der Waals surface area contributed by atoms with Gasteiger partial charge in [0.1, 0.15) is 19.8 Å². The second kappa shape index (κ2) is 64.2. The molecule has 2 unspecified atom stereocenters. The summed E-state index contributed by atoms with van der Waals surface area (Å²) >= 11 is 0. The molecule has 0 aliphatic heterocycles. The molecule has 0 aromatic carbocycles. The molecule has 0 aromatic heterocycles. The summed E-state index contributed by atoms with van der Waals surface area (Å²) in [5.41, 5.74) is 0. The lowest BCUT2D eigenvalue weighted by Crippen LogP contribution is -2.37. The molecule has 0 radical (unpaired) electrons. The van der Waals surface area contributed by atoms with Crippen LogP contribution >= 0.6 is 7.82 Å². The highest BCUT2D eigenvalue weighted by atomic mass is 31.2. The Morgan fingerprint density at radius 3 is 0.902 bits per heavy atom. The number of nitrogens with zero attached hydrogens (tertiary/aromatic N) is 1. The van der Waals surface area contributed by atoms with Crippen molar-refractivity contribution >= 4 is 19.8 Å². The van der Waals surface area contributed by atoms with Crippen LogP contribution in [0.3, 0.4) is 0 Å². The number of quaternary nitrogens is 1. The smallest absolute Gasteiger partial charge is 0.462 e. The molecule has 0 saturated heterocycles. The predicted octanol–water partition coefficient (Wildman–Crippen LogP) is 23.5. The molecule has 0 fully saturated rings. The minimum atomic E-state index is -4.38. The van der Waals surface area contributed by atoms with Crippen molar-refractivity contribution in [3.8, 4) is 0 Å². The van der Waals surface area contributed by atoms with E-state index in [1.165, 1.54) is 321 Å². The number of hydrogen-bond donors (Lipinski definition) is 1. The maximum atomic E-state index is 12.9. The van der Waals surface area contributed by atoms with Gasteiger partial charge in [0.15, 0.2) is 6.10 Å². The minimum absolute atomic E-state index is 0.0370. The second-order valence-electron chi connectivity index (χ2n) is 26.3. The number of rotatable bonds is 69. The van der Waals surface area contributed by atoms with E-state index in [1.54, 1.807) is 0 Å². The van der Waals surface area contributed by atoms with E-state index in [1.807, 2.05) is 21.1 Å². The van der Waals surface area contributed by atoms with Crippen molar-refractivity contribution in [3.63, 3.8) is 0 Å². The van der Waals surface area contributed by atoms with Gasteiger partial charge in [-0.25, -0.2) is 4.57 Å². The van der Waals surface area contributed by atoms with E-state index in [0.717, 1.165) is 38.5 Å². The maximum Gasteiger partial charge on any atom is 0.472 e. The quantitative estimate of drug-likeness (QED) is 0.0211. The van der Waals surface area contributed by atoms with Gasteiger partial charge in [-0.1, -0.05) is 347 Å². The number of ether oxygens (including phenoxy) is 2. The Balaban J connectivity index is 3.87. The number of phosphoric acid groups is 1. The van der Waals surface area contributed by atoms with Crippen LogP contribution in [0.2, 0.25) is 0 Å². The Morgan fingerprint density at radius 2 is 0.622 bits per heavy atom. The third-order valence-electron chi connectivity index (χ3n) is 16.8. The zero-order valence-corrected chi connectivity index (χ0v) is 56.7. The molecule has 1 N–H and O–H groups in total. The summed E-state index contributed by atoms with van der Waals surface area (Å²) in [5.74, 6) is -0.770. The normalized spacial score (nSPS) is 13.1. The molecule has 0 heterocycles. The molecular weight excluding hydrogens is 1040 g/mol. The lowest BCUT2D eigenvalue weighted by Gasteiger charge is -2.24. The molecule has 0 spiro atoms. The first-order valence-electron chi connectivity index (χ1n) is 36.4. The van der Waals surface area contributed by atoms with Crippen molar-refractivity contribution < 1.29 is 42.1 Å². The Hall–Kier alpha value is -1.25. The largest absolute Gasteiger partial charge is 0.472 e. The van der Waals surface area contributed by atoms with Crippen molar-refractivity contribution in [2.75, 3.05) is 47.5 Å². The lowest BCUT2D eigenvalue weighted by atomic mass is 10.0. The average Bonchev–Trinajstić information content (AvgIpc) is 3.46. The van der Waals surface area contributed by atoms with E-state index in [9.17, 15) is 19.0 Å². The van der Waals surface area contributed by atoms with E-state index in [0.29, 0.717) is 17.4 Å². The predicted molar refractivity (Wildman–Crippen MR) is 354 cm³/mol. The van der Waals surface area contributed by atoms with Crippen molar-refractivity contribution in [3.05, 3.63) is 12.2 Å². The molecule has 9 nitrogen and oxygen atoms in total. The first-order valence-corrected chi connectivity index (χ1v) is 37.9. The fourth-order valence-electron chi connectivity index (χ4n) is 11.2. The number of esters is 2. The molecule has 0 amide bonds. The number of hydrogen-bond acceptors (Lipinski definition) is 7. The van der Waals surface area contributed by atoms with E-state index in [-0.39, 0.29) is 25.6 Å². The van der Waals surface area contributed by atoms with Crippen LogP contribution in [-0.2, 0) is 32.7 Å². The topological polar surface area (TPSA) is 108 Å². The van der Waals surface area contributed by atoms with Crippen LogP contribution in [0.1, 0.15) is 386 Å². The molecular formula is C72H143NO8P+. The molecule has 0 aliphatic rings. The van der Waals surface area contributed by atoms with Gasteiger partial charge >= 0.3 is 19.8 Å². The van der Waals surface area contributed by atoms with Crippen LogP contribution in [0.25, 0.3) is 0 Å². The first-order chi connectivity index (χ1) is 40.0. The number of allylic oxidation sites excluding steroid dienone is 2. The van der Waals surface area contributed by atoms with Crippen LogP contribution < -0.4 is 0 Å². The molecule has 0 bridgehead atoms. The van der Waals surface area contributed by atoms with E-state index in [2.05, 4.69) is 26.0 Å². The molecule has 10 heteroatoms. The zero-order valence-electron chi connectivity index (χ0n) is 55.8. The first kappa shape index (κ1) is 80.8. The highest BCUT2D eigenvalue weighted by Gasteiger charge is 2.27. The molecule has 0 aliphatic carbocycles. The molecule has 2 atom stereocenters. The summed E-state index contributed by atoms with van der Waals surface area (Å²) in [5, 5.41) is 0. The van der Waals surface area contributed by atoms with Crippen LogP contribution in [0.5, 0.6) is 0 Å². The van der Waals surface area contributed by atoms with Gasteiger partial charge in [-0.2, -0.15) is 0 Å². The third kappa shape index (κ3) is 67.9. The van der Waals surface area contributed by atoms with Gasteiger partial charge in [0.2, 0.25) is 0 Å². The van der Waals surface area contributed by atoms with E-state index < -0.39 is 26.5 Å². The Bertz CT molecular complexity index is 1390. The molecule has 0 aromatic rings. The average molecular weight is 1180 g/mol. The van der Waals surface area contributed by atoms with Crippen molar-refractivity contribution in [2.45, 2.75) is 392 Å². The summed E-state index contributed by atoms with van der Waals surface area (Å²) in [6.45, 7) is 4.52. The Labute approximate surface area is 511 Å². The number of carbonyl (C=O) groups is 2. The Morgan fingerprint density at radius 1 is 0.366 bits per heavy atom. The summed E-state index contributed by atoms with van der Waals surface area (Å²) < 4.78 is 34.7. The van der Waals surface area contributed by atoms with Crippen LogP contribution in [-0.4, -0.2) is 74.9 Å². The van der Waals surface area contributed by atoms with Crippen molar-refractivity contribution in [1.29, 1.82) is 0 Å². The maximum absolute atomic E-state index is 12.9. The summed E-state index contributed by atoms with van der Waals surface area (Å²) in [7, 11) is 1.50. The van der Waals surface area contributed by atoms with Crippen LogP contribution in [0, 0.1) is 0 Å². The number of phosphoric ester groups is 1. The fourth-order valence-corrected chi connectivity index (χ4v) is 11.9. The number of unbranched alkanes of at least 4 members (excludes halogenated alkanes) is 53. The molecule has 0 saturated carbocycles. The zero-order chi connectivity index (χ0) is 59.8. The highest BCUT2D eigenvalue weighted by Crippen LogP contribution is 2.43. The minimum Gasteiger partial charge on any atom is -0.462 e. The molecule has 488 valence electrons. The lowest BCUT2D eigenvalue weighted by molar-refractivity contribution is -0.870. The van der Waals surface area contributed by atoms with Gasteiger partial charge in [-0.3, -0.25) is 18.6 Å². The molecule has 0 rings (SSSR count). The highest BCUT2D eigenvalue weighted by molar-refractivity contribution is 7.47. The standard InChI is InChI=1S/C72H142NO8P/c1-6-8-10-12-14-16-18-20-22-24-26-27-28-29-30-31-32-33-34-35-36-37-38-39-40-41-42-43-44-45-47-49-51-53-55-57-59-61-63-65-72(75)81-70(69-80-82(76,77)79-67-66-73(3,4)5)68-78-71(74)64-62-60-58-56-54-52-50-48-46-25-23-21-19-17-15-13-11-9-7-2/h24,26,70H,6-23,25,27-69H2,1-5H3/p+1/b26-24-. The van der Waals surface area contributed by atoms with Gasteiger partial charge < -0.3 is 18.9 Å². The summed E-state index contributed by atoms with van der Waals surface area (Å²) in [6.07, 6.45) is 79.2. The van der Waals surface area contributed by atoms with Crippen LogP contribution in [0.15, 0.2) is 12.2 Å². The Kier molecular flexibility index (Phi) is 63.3. The van der Waals surface area contributed by atoms with Crippen LogP contribution in [0.4, 0.5) is 0 Å². The SMILES string of the molecule is CCCCCCCCCC/C=C\CCCCCCCCCCCCCCCCCCCCCCCCCCCCCC(=O)OC(COC(=O)CCCCCCCCCCCCCCCCCCCCC)COP(=O)(O)OCC[N+](C)(C)C.